The Morgan fingerprint density at radius 1 is 0.938 bits per heavy atom. The molecule has 0 aromatic heterocycles. The fourth-order valence-corrected chi connectivity index (χ4v) is 7.54. The van der Waals surface area contributed by atoms with Crippen LogP contribution in [-0.2, 0) is 46.0 Å². The summed E-state index contributed by atoms with van der Waals surface area (Å²) in [6, 6.07) is 11.4. The Kier molecular flexibility index (Phi) is 11.6. The molecular formula is C29H39N5O11S2Si. The largest absolute Gasteiger partial charge is 0.506 e. The molecule has 48 heavy (non-hydrogen) atoms. The fraction of sp³-hybridized carbons (Fsp3) is 0.448. The molecule has 2 aliphatic heterocycles. The van der Waals surface area contributed by atoms with Crippen LogP contribution in [-0.4, -0.2) is 79.2 Å². The van der Waals surface area contributed by atoms with Crippen molar-refractivity contribution in [3.05, 3.63) is 42.0 Å². The molecule has 4 rings (SSSR count). The molecular weight excluding hydrogens is 687 g/mol. The van der Waals surface area contributed by atoms with Crippen molar-refractivity contribution in [1.82, 2.24) is 9.44 Å². The highest BCUT2D eigenvalue weighted by molar-refractivity contribution is 7.92. The number of ether oxygens (including phenoxy) is 2. The second kappa shape index (κ2) is 14.7. The van der Waals surface area contributed by atoms with Crippen molar-refractivity contribution < 1.29 is 50.9 Å². The van der Waals surface area contributed by atoms with E-state index in [1.165, 1.54) is 30.3 Å². The van der Waals surface area contributed by atoms with Gasteiger partial charge >= 0.3 is 26.4 Å². The van der Waals surface area contributed by atoms with Gasteiger partial charge < -0.3 is 19.7 Å². The van der Waals surface area contributed by atoms with Gasteiger partial charge in [-0.3, -0.25) is 9.59 Å². The van der Waals surface area contributed by atoms with Crippen molar-refractivity contribution in [3.63, 3.8) is 0 Å². The van der Waals surface area contributed by atoms with Crippen LogP contribution < -0.4 is 22.8 Å². The number of nitrogens with one attached hydrogen (secondary N) is 2. The Morgan fingerprint density at radius 3 is 1.90 bits per heavy atom. The van der Waals surface area contributed by atoms with Crippen molar-refractivity contribution in [2.45, 2.75) is 52.4 Å². The molecule has 2 saturated heterocycles. The van der Waals surface area contributed by atoms with E-state index >= 15 is 0 Å². The van der Waals surface area contributed by atoms with Crippen LogP contribution >= 0.6 is 0 Å². The van der Waals surface area contributed by atoms with Crippen LogP contribution in [0.25, 0.3) is 0 Å². The predicted molar refractivity (Wildman–Crippen MR) is 177 cm³/mol. The van der Waals surface area contributed by atoms with E-state index in [1.54, 1.807) is 6.07 Å². The van der Waals surface area contributed by atoms with Gasteiger partial charge in [-0.25, -0.2) is 22.8 Å². The number of nitriles is 1. The minimum atomic E-state index is -4.01. The molecule has 0 spiro atoms. The number of carbonyl (C=O) groups is 3. The number of carbonyl (C=O) groups excluding carboxylic acids is 3. The standard InChI is InChI=1S/C15H22N2O7SSi.C14H17N3O4S/c1-26(2,3)7-6-23-15(20)10-24-11-4-5-12(13(18)8-11)17-9-14(19)16-25(17,21)22;1-14(2,5-6-15)8-10-3-4-11(12(18)7-10)17-9-13(19)16-22(17,20)21/h4-5,8,18H,6-7,9-10H2,1-3H3,(H,16,19);3-4,7,18H,5,8-9H2,1-2H3,(H,16,19). The first-order chi connectivity index (χ1) is 22.1. The minimum Gasteiger partial charge on any atom is -0.506 e. The van der Waals surface area contributed by atoms with E-state index in [0.717, 1.165) is 20.2 Å². The Hall–Kier alpha value is -4.54. The molecule has 2 amide bonds. The summed E-state index contributed by atoms with van der Waals surface area (Å²) < 4.78 is 62.7. The Morgan fingerprint density at radius 2 is 1.46 bits per heavy atom. The monoisotopic (exact) mass is 725 g/mol. The van der Waals surface area contributed by atoms with Crippen LogP contribution in [0, 0.1) is 16.7 Å². The van der Waals surface area contributed by atoms with E-state index in [4.69, 9.17) is 14.7 Å². The smallest absolute Gasteiger partial charge is 0.344 e. The van der Waals surface area contributed by atoms with Gasteiger partial charge in [-0.05, 0) is 47.7 Å². The third-order valence-corrected chi connectivity index (χ3v) is 11.4. The molecule has 2 aromatic carbocycles. The third kappa shape index (κ3) is 10.5. The number of nitrogens with zero attached hydrogens (tertiary/aromatic N) is 3. The number of amides is 2. The normalized spacial score (nSPS) is 16.7. The highest BCUT2D eigenvalue weighted by Crippen LogP contribution is 2.35. The van der Waals surface area contributed by atoms with Crippen molar-refractivity contribution in [2.75, 3.05) is 34.9 Å². The van der Waals surface area contributed by atoms with Crippen LogP contribution in [0.15, 0.2) is 36.4 Å². The first kappa shape index (κ1) is 37.9. The van der Waals surface area contributed by atoms with Gasteiger partial charge in [0.1, 0.15) is 30.3 Å². The van der Waals surface area contributed by atoms with Crippen molar-refractivity contribution in [3.8, 4) is 23.3 Å². The van der Waals surface area contributed by atoms with E-state index in [9.17, 15) is 41.4 Å². The van der Waals surface area contributed by atoms with Gasteiger partial charge in [-0.1, -0.05) is 39.6 Å². The number of rotatable bonds is 11. The van der Waals surface area contributed by atoms with Crippen LogP contribution in [0.5, 0.6) is 17.2 Å². The summed E-state index contributed by atoms with van der Waals surface area (Å²) in [5.74, 6) is -2.29. The number of esters is 1. The molecule has 0 aliphatic carbocycles. The number of benzene rings is 2. The Balaban J connectivity index is 0.000000264. The van der Waals surface area contributed by atoms with Gasteiger partial charge in [-0.2, -0.15) is 22.1 Å². The van der Waals surface area contributed by atoms with Gasteiger partial charge in [0.05, 0.1) is 24.1 Å². The lowest BCUT2D eigenvalue weighted by Crippen LogP contribution is -2.29. The summed E-state index contributed by atoms with van der Waals surface area (Å²) in [6.07, 6.45) is 0.937. The SMILES string of the molecule is CC(C)(CC#N)Cc1ccc(N2CC(=O)NS2(=O)=O)c(O)c1.C[Si](C)(C)CCOC(=O)COc1ccc(N2CC(=O)NS2(=O)=O)c(O)c1. The second-order valence-electron chi connectivity index (χ2n) is 13.0. The third-order valence-electron chi connectivity index (χ3n) is 6.88. The van der Waals surface area contributed by atoms with E-state index < -0.39 is 58.6 Å². The molecule has 262 valence electrons. The number of anilines is 2. The predicted octanol–water partition coefficient (Wildman–Crippen LogP) is 1.89. The summed E-state index contributed by atoms with van der Waals surface area (Å²) in [4.78, 5) is 34.2. The number of aromatic hydroxyl groups is 2. The number of phenols is 2. The van der Waals surface area contributed by atoms with E-state index in [0.29, 0.717) is 19.4 Å². The van der Waals surface area contributed by atoms with E-state index in [-0.39, 0.29) is 41.4 Å². The summed E-state index contributed by atoms with van der Waals surface area (Å²) >= 11 is 0. The zero-order chi connectivity index (χ0) is 36.1. The highest BCUT2D eigenvalue weighted by atomic mass is 32.2. The van der Waals surface area contributed by atoms with Crippen molar-refractivity contribution in [1.29, 1.82) is 5.26 Å². The van der Waals surface area contributed by atoms with Gasteiger partial charge in [0.2, 0.25) is 0 Å². The minimum absolute atomic E-state index is 0.0557. The molecule has 2 aromatic rings. The van der Waals surface area contributed by atoms with E-state index in [2.05, 4.69) is 25.7 Å². The molecule has 0 atom stereocenters. The average Bonchev–Trinajstić information content (AvgIpc) is 3.37. The molecule has 0 radical (unpaired) electrons. The van der Waals surface area contributed by atoms with Crippen molar-refractivity contribution >= 4 is 57.7 Å². The molecule has 4 N–H and O–H groups in total. The molecule has 19 heteroatoms. The summed E-state index contributed by atoms with van der Waals surface area (Å²) in [6.45, 7) is 9.64. The maximum atomic E-state index is 11.8. The fourth-order valence-electron chi connectivity index (χ4n) is 4.50. The van der Waals surface area contributed by atoms with Gasteiger partial charge in [-0.15, -0.1) is 0 Å². The van der Waals surface area contributed by atoms with Gasteiger partial charge in [0.25, 0.3) is 11.8 Å². The molecule has 0 unspecified atom stereocenters. The lowest BCUT2D eigenvalue weighted by Gasteiger charge is -2.22. The maximum Gasteiger partial charge on any atom is 0.344 e. The summed E-state index contributed by atoms with van der Waals surface area (Å²) in [5.41, 5.74) is 0.533. The first-order valence-electron chi connectivity index (χ1n) is 14.6. The maximum absolute atomic E-state index is 11.8. The molecule has 2 fully saturated rings. The number of hydrogen-bond acceptors (Lipinski definition) is 12. The van der Waals surface area contributed by atoms with Crippen LogP contribution in [0.4, 0.5) is 11.4 Å². The zero-order valence-corrected chi connectivity index (χ0v) is 29.8. The molecule has 16 nitrogen and oxygen atoms in total. The Bertz CT molecular complexity index is 1820. The van der Waals surface area contributed by atoms with Gasteiger partial charge in [0, 0.05) is 20.6 Å². The molecule has 2 aliphatic rings. The van der Waals surface area contributed by atoms with Crippen LogP contribution in [0.3, 0.4) is 0 Å². The lowest BCUT2D eigenvalue weighted by molar-refractivity contribution is -0.145. The quantitative estimate of drug-likeness (QED) is 0.192. The van der Waals surface area contributed by atoms with Crippen molar-refractivity contribution in [2.24, 2.45) is 5.41 Å². The average molecular weight is 726 g/mol. The zero-order valence-electron chi connectivity index (χ0n) is 27.1. The van der Waals surface area contributed by atoms with Crippen LogP contribution in [0.2, 0.25) is 25.7 Å². The molecule has 2 heterocycles. The Labute approximate surface area is 280 Å². The molecule has 0 saturated carbocycles. The topological polar surface area (TPSA) is 233 Å². The lowest BCUT2D eigenvalue weighted by atomic mass is 9.83. The second-order valence-corrected chi connectivity index (χ2v) is 21.9. The highest BCUT2D eigenvalue weighted by Gasteiger charge is 2.36. The number of hydrogen-bond donors (Lipinski definition) is 4. The first-order valence-corrected chi connectivity index (χ1v) is 21.2. The summed E-state index contributed by atoms with van der Waals surface area (Å²) in [5, 5.41) is 28.9. The summed E-state index contributed by atoms with van der Waals surface area (Å²) in [7, 11) is -9.24. The number of phenolic OH excluding ortho intramolecular Hbond substituents is 2. The molecule has 0 bridgehead atoms. The van der Waals surface area contributed by atoms with Crippen LogP contribution in [0.1, 0.15) is 25.8 Å². The van der Waals surface area contributed by atoms with E-state index in [1.807, 2.05) is 23.3 Å². The van der Waals surface area contributed by atoms with Gasteiger partial charge in [0.15, 0.2) is 6.61 Å².